The van der Waals surface area contributed by atoms with Gasteiger partial charge in [0, 0.05) is 25.6 Å². The second kappa shape index (κ2) is 10.5. The smallest absolute Gasteiger partial charge is 0.317 e. The molecular weight excluding hydrogens is 424 g/mol. The molecule has 3 aromatic rings. The molecule has 0 radical (unpaired) electrons. The monoisotopic (exact) mass is 452 g/mol. The minimum atomic E-state index is 0.00364. The molecule has 1 fully saturated rings. The molecular formula is C24H28N4O3S. The molecule has 168 valence electrons. The molecule has 1 saturated heterocycles. The van der Waals surface area contributed by atoms with Gasteiger partial charge in [0.1, 0.15) is 16.5 Å². The highest BCUT2D eigenvalue weighted by Gasteiger charge is 2.26. The van der Waals surface area contributed by atoms with E-state index in [1.54, 1.807) is 25.6 Å². The standard InChI is InChI=1S/C24H28N4O3S/c1-30-19-9-7-17(8-10-19)11-14-25-24(29)28-15-12-18(13-16-28)22-26-27-23(32-22)20-5-3-4-6-21(20)31-2/h3-10,18H,11-16H2,1-2H3,(H,25,29). The Balaban J connectivity index is 1.26. The Hall–Kier alpha value is -3.13. The Morgan fingerprint density at radius 1 is 1.06 bits per heavy atom. The van der Waals surface area contributed by atoms with Crippen LogP contribution in [0.4, 0.5) is 4.79 Å². The Labute approximate surface area is 192 Å². The van der Waals surface area contributed by atoms with Gasteiger partial charge < -0.3 is 19.7 Å². The number of carbonyl (C=O) groups is 1. The number of hydrogen-bond donors (Lipinski definition) is 1. The maximum Gasteiger partial charge on any atom is 0.317 e. The van der Waals surface area contributed by atoms with Crippen LogP contribution in [-0.4, -0.2) is 55.0 Å². The van der Waals surface area contributed by atoms with Gasteiger partial charge in [0.2, 0.25) is 0 Å². The number of aromatic nitrogens is 2. The normalized spacial score (nSPS) is 14.2. The maximum absolute atomic E-state index is 12.5. The van der Waals surface area contributed by atoms with Crippen LogP contribution >= 0.6 is 11.3 Å². The van der Waals surface area contributed by atoms with E-state index in [2.05, 4.69) is 15.5 Å². The summed E-state index contributed by atoms with van der Waals surface area (Å²) in [5.41, 5.74) is 2.14. The molecule has 0 aliphatic carbocycles. The van der Waals surface area contributed by atoms with E-state index in [1.165, 1.54) is 5.56 Å². The van der Waals surface area contributed by atoms with E-state index in [9.17, 15) is 4.79 Å². The van der Waals surface area contributed by atoms with Gasteiger partial charge in [0.25, 0.3) is 0 Å². The van der Waals surface area contributed by atoms with E-state index >= 15 is 0 Å². The number of likely N-dealkylation sites (tertiary alicyclic amines) is 1. The minimum absolute atomic E-state index is 0.00364. The average molecular weight is 453 g/mol. The molecule has 8 heteroatoms. The first-order valence-electron chi connectivity index (χ1n) is 10.8. The van der Waals surface area contributed by atoms with Crippen molar-refractivity contribution in [3.05, 3.63) is 59.1 Å². The Kier molecular flexibility index (Phi) is 7.21. The number of benzene rings is 2. The van der Waals surface area contributed by atoms with Gasteiger partial charge in [-0.15, -0.1) is 10.2 Å². The van der Waals surface area contributed by atoms with Crippen LogP contribution in [0.2, 0.25) is 0 Å². The van der Waals surface area contributed by atoms with Crippen molar-refractivity contribution in [3.63, 3.8) is 0 Å². The molecule has 2 heterocycles. The third-order valence-electron chi connectivity index (χ3n) is 5.76. The summed E-state index contributed by atoms with van der Waals surface area (Å²) < 4.78 is 10.6. The molecule has 1 aliphatic heterocycles. The van der Waals surface area contributed by atoms with Crippen molar-refractivity contribution in [2.45, 2.75) is 25.2 Å². The van der Waals surface area contributed by atoms with Crippen molar-refractivity contribution in [2.24, 2.45) is 0 Å². The van der Waals surface area contributed by atoms with Crippen LogP contribution < -0.4 is 14.8 Å². The highest BCUT2D eigenvalue weighted by Crippen LogP contribution is 2.36. The fourth-order valence-electron chi connectivity index (χ4n) is 3.88. The summed E-state index contributed by atoms with van der Waals surface area (Å²) in [5, 5.41) is 13.8. The van der Waals surface area contributed by atoms with Crippen LogP contribution in [0.5, 0.6) is 11.5 Å². The second-order valence-corrected chi connectivity index (χ2v) is 8.75. The number of carbonyl (C=O) groups excluding carboxylic acids is 1. The summed E-state index contributed by atoms with van der Waals surface area (Å²) in [4.78, 5) is 14.4. The molecule has 0 atom stereocenters. The topological polar surface area (TPSA) is 76.6 Å². The number of ether oxygens (including phenoxy) is 2. The number of hydrogen-bond acceptors (Lipinski definition) is 6. The first-order valence-corrected chi connectivity index (χ1v) is 11.6. The lowest BCUT2D eigenvalue weighted by atomic mass is 9.98. The van der Waals surface area contributed by atoms with Gasteiger partial charge in [-0.05, 0) is 49.1 Å². The summed E-state index contributed by atoms with van der Waals surface area (Å²) in [7, 11) is 3.32. The molecule has 7 nitrogen and oxygen atoms in total. The van der Waals surface area contributed by atoms with Gasteiger partial charge in [-0.1, -0.05) is 35.6 Å². The van der Waals surface area contributed by atoms with Crippen molar-refractivity contribution in [1.82, 2.24) is 20.4 Å². The number of methoxy groups -OCH3 is 2. The summed E-state index contributed by atoms with van der Waals surface area (Å²) in [5.74, 6) is 1.97. The molecule has 0 bridgehead atoms. The molecule has 0 saturated carbocycles. The third kappa shape index (κ3) is 5.19. The zero-order valence-electron chi connectivity index (χ0n) is 18.4. The molecule has 4 rings (SSSR count). The predicted octanol–water partition coefficient (Wildman–Crippen LogP) is 4.35. The first-order chi connectivity index (χ1) is 15.7. The summed E-state index contributed by atoms with van der Waals surface area (Å²) in [6, 6.07) is 15.8. The molecule has 1 N–H and O–H groups in total. The molecule has 2 amide bonds. The van der Waals surface area contributed by atoms with Crippen molar-refractivity contribution in [1.29, 1.82) is 0 Å². The fourth-order valence-corrected chi connectivity index (χ4v) is 4.92. The van der Waals surface area contributed by atoms with Crippen LogP contribution in [0.1, 0.15) is 29.3 Å². The van der Waals surface area contributed by atoms with Crippen LogP contribution in [0.25, 0.3) is 10.6 Å². The van der Waals surface area contributed by atoms with E-state index < -0.39 is 0 Å². The van der Waals surface area contributed by atoms with E-state index in [0.717, 1.165) is 59.4 Å². The van der Waals surface area contributed by atoms with Crippen LogP contribution in [-0.2, 0) is 6.42 Å². The van der Waals surface area contributed by atoms with Crippen LogP contribution in [0.15, 0.2) is 48.5 Å². The predicted molar refractivity (Wildman–Crippen MR) is 126 cm³/mol. The Morgan fingerprint density at radius 2 is 1.81 bits per heavy atom. The molecule has 32 heavy (non-hydrogen) atoms. The number of urea groups is 1. The zero-order valence-corrected chi connectivity index (χ0v) is 19.2. The number of rotatable bonds is 7. The molecule has 1 aliphatic rings. The van der Waals surface area contributed by atoms with Crippen molar-refractivity contribution < 1.29 is 14.3 Å². The molecule has 0 spiro atoms. The van der Waals surface area contributed by atoms with Gasteiger partial charge in [-0.3, -0.25) is 0 Å². The van der Waals surface area contributed by atoms with Gasteiger partial charge in [0.05, 0.1) is 19.8 Å². The molecule has 0 unspecified atom stereocenters. The third-order valence-corrected chi connectivity index (χ3v) is 6.88. The van der Waals surface area contributed by atoms with Gasteiger partial charge in [-0.2, -0.15) is 0 Å². The zero-order chi connectivity index (χ0) is 22.3. The Bertz CT molecular complexity index is 1030. The van der Waals surface area contributed by atoms with Crippen molar-refractivity contribution >= 4 is 17.4 Å². The number of para-hydroxylation sites is 1. The number of piperidine rings is 1. The quantitative estimate of drug-likeness (QED) is 0.577. The second-order valence-electron chi connectivity index (χ2n) is 7.74. The van der Waals surface area contributed by atoms with E-state index in [0.29, 0.717) is 12.5 Å². The summed E-state index contributed by atoms with van der Waals surface area (Å²) >= 11 is 1.62. The van der Waals surface area contributed by atoms with Gasteiger partial charge in [0.15, 0.2) is 5.01 Å². The minimum Gasteiger partial charge on any atom is -0.497 e. The lowest BCUT2D eigenvalue weighted by molar-refractivity contribution is 0.181. The van der Waals surface area contributed by atoms with Crippen molar-refractivity contribution in [3.8, 4) is 22.1 Å². The lowest BCUT2D eigenvalue weighted by Gasteiger charge is -2.31. The lowest BCUT2D eigenvalue weighted by Crippen LogP contribution is -2.44. The Morgan fingerprint density at radius 3 is 2.53 bits per heavy atom. The maximum atomic E-state index is 12.5. The van der Waals surface area contributed by atoms with Gasteiger partial charge >= 0.3 is 6.03 Å². The molecule has 2 aromatic carbocycles. The van der Waals surface area contributed by atoms with E-state index in [-0.39, 0.29) is 6.03 Å². The number of amides is 2. The first kappa shape index (κ1) is 22.1. The van der Waals surface area contributed by atoms with Crippen molar-refractivity contribution in [2.75, 3.05) is 33.9 Å². The number of nitrogens with one attached hydrogen (secondary N) is 1. The average Bonchev–Trinajstić information content (AvgIpc) is 3.34. The van der Waals surface area contributed by atoms with E-state index in [4.69, 9.17) is 9.47 Å². The highest BCUT2D eigenvalue weighted by molar-refractivity contribution is 7.14. The SMILES string of the molecule is COc1ccc(CCNC(=O)N2CCC(c3nnc(-c4ccccc4OC)s3)CC2)cc1. The number of nitrogens with zero attached hydrogens (tertiary/aromatic N) is 3. The van der Waals surface area contributed by atoms with Crippen LogP contribution in [0, 0.1) is 0 Å². The summed E-state index contributed by atoms with van der Waals surface area (Å²) in [6.07, 6.45) is 2.58. The van der Waals surface area contributed by atoms with Crippen LogP contribution in [0.3, 0.4) is 0 Å². The largest absolute Gasteiger partial charge is 0.497 e. The van der Waals surface area contributed by atoms with Gasteiger partial charge in [-0.25, -0.2) is 4.79 Å². The highest BCUT2D eigenvalue weighted by atomic mass is 32.1. The van der Waals surface area contributed by atoms with E-state index in [1.807, 2.05) is 53.4 Å². The summed E-state index contributed by atoms with van der Waals surface area (Å²) in [6.45, 7) is 2.06. The fraction of sp³-hybridized carbons (Fsp3) is 0.375. The molecule has 1 aromatic heterocycles.